The summed E-state index contributed by atoms with van der Waals surface area (Å²) in [7, 11) is 4.79. The third-order valence-electron chi connectivity index (χ3n) is 6.27. The summed E-state index contributed by atoms with van der Waals surface area (Å²) in [6.07, 6.45) is 1.66. The molecule has 42 heavy (non-hydrogen) atoms. The highest BCUT2D eigenvalue weighted by atomic mass is 32.2. The fourth-order valence-corrected chi connectivity index (χ4v) is 5.19. The molecule has 0 amide bonds. The second kappa shape index (κ2) is 13.6. The van der Waals surface area contributed by atoms with Crippen LogP contribution in [0.3, 0.4) is 0 Å². The van der Waals surface area contributed by atoms with Crippen molar-refractivity contribution in [3.05, 3.63) is 66.4 Å². The van der Waals surface area contributed by atoms with Crippen LogP contribution >= 0.6 is 0 Å². The normalized spacial score (nSPS) is 11.6. The van der Waals surface area contributed by atoms with Gasteiger partial charge < -0.3 is 19.7 Å². The fraction of sp³-hybridized carbons (Fsp3) is 0.310. The number of nitrogens with one attached hydrogen (secondary N) is 2. The molecular weight excluding hydrogens is 558 g/mol. The first-order chi connectivity index (χ1) is 20.1. The summed E-state index contributed by atoms with van der Waals surface area (Å²) < 4.78 is 40.3. The number of likely N-dealkylation sites (N-methyl/N-ethyl adjacent to an activating group) is 2. The highest BCUT2D eigenvalue weighted by molar-refractivity contribution is 7.92. The Morgan fingerprint density at radius 2 is 1.64 bits per heavy atom. The van der Waals surface area contributed by atoms with Crippen LogP contribution in [0.5, 0.6) is 11.5 Å². The zero-order valence-electron chi connectivity index (χ0n) is 24.3. The van der Waals surface area contributed by atoms with Gasteiger partial charge >= 0.3 is 0 Å². The van der Waals surface area contributed by atoms with Crippen LogP contribution in [0.25, 0.3) is 11.2 Å². The lowest BCUT2D eigenvalue weighted by Crippen LogP contribution is -2.33. The van der Waals surface area contributed by atoms with Gasteiger partial charge in [-0.2, -0.15) is 0 Å². The van der Waals surface area contributed by atoms with Crippen LogP contribution in [0.1, 0.15) is 5.56 Å². The van der Waals surface area contributed by atoms with E-state index in [1.807, 2.05) is 30.9 Å². The van der Waals surface area contributed by atoms with E-state index in [2.05, 4.69) is 25.0 Å². The Hall–Kier alpha value is -4.33. The van der Waals surface area contributed by atoms with Crippen LogP contribution in [0.2, 0.25) is 0 Å². The number of carbonyl (C=O) groups is 1. The number of aromatic nitrogens is 3. The molecular formula is C29H35N7O5S. The summed E-state index contributed by atoms with van der Waals surface area (Å²) in [4.78, 5) is 29.9. The molecule has 0 aliphatic rings. The van der Waals surface area contributed by atoms with Gasteiger partial charge in [0.1, 0.15) is 17.0 Å². The number of hydrogen-bond acceptors (Lipinski definition) is 11. The van der Waals surface area contributed by atoms with E-state index in [1.165, 1.54) is 26.4 Å². The van der Waals surface area contributed by atoms with Gasteiger partial charge in [-0.1, -0.05) is 12.1 Å². The highest BCUT2D eigenvalue weighted by Crippen LogP contribution is 2.31. The number of benzene rings is 2. The van der Waals surface area contributed by atoms with E-state index < -0.39 is 10.0 Å². The summed E-state index contributed by atoms with van der Waals surface area (Å²) in [6, 6.07) is 14.9. The lowest BCUT2D eigenvalue weighted by Gasteiger charge is -2.18. The largest absolute Gasteiger partial charge is 0.497 e. The number of ether oxygens (including phenoxy) is 2. The van der Waals surface area contributed by atoms with Gasteiger partial charge in [0, 0.05) is 49.6 Å². The van der Waals surface area contributed by atoms with Crippen molar-refractivity contribution in [3.8, 4) is 11.5 Å². The average Bonchev–Trinajstić information content (AvgIpc) is 2.96. The third-order valence-corrected chi connectivity index (χ3v) is 7.61. The van der Waals surface area contributed by atoms with Crippen molar-refractivity contribution in [2.24, 2.45) is 0 Å². The van der Waals surface area contributed by atoms with Crippen molar-refractivity contribution in [2.75, 3.05) is 65.0 Å². The minimum absolute atomic E-state index is 0.00863. The first kappa shape index (κ1) is 30.6. The molecule has 0 spiro atoms. The molecule has 4 rings (SSSR count). The summed E-state index contributed by atoms with van der Waals surface area (Å²) in [6.45, 7) is 1.85. The standard InChI is InChI=1S/C29H35N7O5S/c1-35(2)12-13-36(3)19-22(37)14-20-8-6-9-25(15-20)42(38,39)34-29-28(32-26-10-7-11-30-27(26)33-29)31-21-16-23(40-4)18-24(17-21)41-5/h6-11,15-18H,12-14,19H2,1-5H3,(H,31,32)(H,30,33,34). The fourth-order valence-electron chi connectivity index (χ4n) is 4.11. The topological polar surface area (TPSA) is 139 Å². The first-order valence-electron chi connectivity index (χ1n) is 13.2. The Balaban J connectivity index is 1.59. The number of methoxy groups -OCH3 is 2. The predicted molar refractivity (Wildman–Crippen MR) is 162 cm³/mol. The Bertz CT molecular complexity index is 1640. The molecule has 12 nitrogen and oxygen atoms in total. The lowest BCUT2D eigenvalue weighted by molar-refractivity contribution is -0.119. The van der Waals surface area contributed by atoms with Gasteiger partial charge in [0.2, 0.25) is 0 Å². The van der Waals surface area contributed by atoms with Gasteiger partial charge in [0.05, 0.1) is 25.7 Å². The molecule has 0 aliphatic carbocycles. The van der Waals surface area contributed by atoms with Crippen LogP contribution in [0.15, 0.2) is 65.7 Å². The quantitative estimate of drug-likeness (QED) is 0.223. The van der Waals surface area contributed by atoms with E-state index in [0.29, 0.717) is 28.3 Å². The van der Waals surface area contributed by atoms with Crippen LogP contribution < -0.4 is 19.5 Å². The van der Waals surface area contributed by atoms with Gasteiger partial charge in [-0.3, -0.25) is 14.4 Å². The average molecular weight is 594 g/mol. The van der Waals surface area contributed by atoms with E-state index in [4.69, 9.17) is 9.47 Å². The molecule has 0 unspecified atom stereocenters. The van der Waals surface area contributed by atoms with Crippen molar-refractivity contribution in [1.29, 1.82) is 0 Å². The second-order valence-electron chi connectivity index (χ2n) is 10.0. The molecule has 0 radical (unpaired) electrons. The summed E-state index contributed by atoms with van der Waals surface area (Å²) in [5.41, 5.74) is 1.87. The predicted octanol–water partition coefficient (Wildman–Crippen LogP) is 3.19. The van der Waals surface area contributed by atoms with Crippen molar-refractivity contribution < 1.29 is 22.7 Å². The molecule has 0 bridgehead atoms. The Morgan fingerprint density at radius 1 is 0.905 bits per heavy atom. The summed E-state index contributed by atoms with van der Waals surface area (Å²) in [5.74, 6) is 1.16. The SMILES string of the molecule is COc1cc(Nc2nc3cccnc3nc2NS(=O)(=O)c2cccc(CC(=O)CN(C)CCN(C)C)c2)cc(OC)c1. The molecule has 0 saturated heterocycles. The third kappa shape index (κ3) is 8.12. The van der Waals surface area contributed by atoms with E-state index >= 15 is 0 Å². The second-order valence-corrected chi connectivity index (χ2v) is 11.7. The first-order valence-corrected chi connectivity index (χ1v) is 14.6. The minimum atomic E-state index is -4.12. The Kier molecular flexibility index (Phi) is 9.88. The molecule has 2 N–H and O–H groups in total. The number of fused-ring (bicyclic) bond motifs is 1. The van der Waals surface area contributed by atoms with E-state index in [9.17, 15) is 13.2 Å². The number of pyridine rings is 1. The van der Waals surface area contributed by atoms with Crippen molar-refractivity contribution in [1.82, 2.24) is 24.8 Å². The Morgan fingerprint density at radius 3 is 2.33 bits per heavy atom. The number of ketones is 1. The molecule has 13 heteroatoms. The maximum atomic E-state index is 13.5. The number of Topliss-reactive ketones (excluding diaryl/α,β-unsaturated/α-hetero) is 1. The molecule has 0 saturated carbocycles. The minimum Gasteiger partial charge on any atom is -0.497 e. The van der Waals surface area contributed by atoms with Crippen LogP contribution in [0.4, 0.5) is 17.3 Å². The molecule has 0 atom stereocenters. The smallest absolute Gasteiger partial charge is 0.263 e. The zero-order valence-corrected chi connectivity index (χ0v) is 25.1. The number of sulfonamides is 1. The van der Waals surface area contributed by atoms with Crippen molar-refractivity contribution in [2.45, 2.75) is 11.3 Å². The number of carbonyl (C=O) groups excluding carboxylic acids is 1. The number of hydrogen-bond donors (Lipinski definition) is 2. The van der Waals surface area contributed by atoms with E-state index in [0.717, 1.165) is 13.1 Å². The summed E-state index contributed by atoms with van der Waals surface area (Å²) >= 11 is 0. The molecule has 0 aliphatic heterocycles. The van der Waals surface area contributed by atoms with Crippen LogP contribution in [0, 0.1) is 0 Å². The number of anilines is 3. The molecule has 2 heterocycles. The monoisotopic (exact) mass is 593 g/mol. The van der Waals surface area contributed by atoms with Crippen molar-refractivity contribution >= 4 is 44.3 Å². The molecule has 0 fully saturated rings. The highest BCUT2D eigenvalue weighted by Gasteiger charge is 2.21. The summed E-state index contributed by atoms with van der Waals surface area (Å²) in [5, 5.41) is 3.12. The number of nitrogens with zero attached hydrogens (tertiary/aromatic N) is 5. The Labute approximate surface area is 245 Å². The molecule has 2 aromatic carbocycles. The number of rotatable bonds is 14. The maximum Gasteiger partial charge on any atom is 0.263 e. The van der Waals surface area contributed by atoms with Gasteiger partial charge in [0.25, 0.3) is 10.0 Å². The van der Waals surface area contributed by atoms with E-state index in [-0.39, 0.29) is 40.9 Å². The van der Waals surface area contributed by atoms with Crippen molar-refractivity contribution in [3.63, 3.8) is 0 Å². The molecule has 2 aromatic heterocycles. The van der Waals surface area contributed by atoms with Gasteiger partial charge in [-0.25, -0.2) is 23.4 Å². The lowest BCUT2D eigenvalue weighted by atomic mass is 10.1. The van der Waals surface area contributed by atoms with Crippen LogP contribution in [-0.4, -0.2) is 93.9 Å². The zero-order chi connectivity index (χ0) is 30.3. The van der Waals surface area contributed by atoms with E-state index in [1.54, 1.807) is 48.7 Å². The van der Waals surface area contributed by atoms with Crippen LogP contribution in [-0.2, 0) is 21.2 Å². The molecule has 222 valence electrons. The van der Waals surface area contributed by atoms with Gasteiger partial charge in [0.15, 0.2) is 23.1 Å². The van der Waals surface area contributed by atoms with Gasteiger partial charge in [-0.15, -0.1) is 0 Å². The maximum absolute atomic E-state index is 13.5. The van der Waals surface area contributed by atoms with Gasteiger partial charge in [-0.05, 0) is 51.0 Å². The molecule has 4 aromatic rings.